The molecule has 0 aliphatic rings. The van der Waals surface area contributed by atoms with Gasteiger partial charge in [-0.25, -0.2) is 4.98 Å². The SMILES string of the molecule is COc1cccc2nc(N)nc(NC(C)c3cccc(C)n3)c12. The van der Waals surface area contributed by atoms with Crippen molar-refractivity contribution in [2.24, 2.45) is 0 Å². The third-order valence-corrected chi connectivity index (χ3v) is 3.63. The molecule has 2 heterocycles. The second-order valence-electron chi connectivity index (χ2n) is 5.35. The summed E-state index contributed by atoms with van der Waals surface area (Å²) in [6.45, 7) is 4.00. The fourth-order valence-electron chi connectivity index (χ4n) is 2.53. The molecule has 0 aliphatic heterocycles. The number of aromatic nitrogens is 3. The molecule has 1 aromatic carbocycles. The molecule has 0 fully saturated rings. The van der Waals surface area contributed by atoms with Gasteiger partial charge in [0.05, 0.1) is 29.7 Å². The maximum absolute atomic E-state index is 5.84. The van der Waals surface area contributed by atoms with Gasteiger partial charge in [-0.15, -0.1) is 0 Å². The van der Waals surface area contributed by atoms with Crippen molar-refractivity contribution in [2.75, 3.05) is 18.2 Å². The van der Waals surface area contributed by atoms with Crippen LogP contribution >= 0.6 is 0 Å². The minimum atomic E-state index is -0.0303. The molecule has 2 aromatic heterocycles. The van der Waals surface area contributed by atoms with E-state index in [4.69, 9.17) is 10.5 Å². The molecule has 0 bridgehead atoms. The van der Waals surface area contributed by atoms with Crippen LogP contribution in [0.3, 0.4) is 0 Å². The van der Waals surface area contributed by atoms with Gasteiger partial charge in [0.15, 0.2) is 0 Å². The van der Waals surface area contributed by atoms with E-state index in [9.17, 15) is 0 Å². The highest BCUT2D eigenvalue weighted by molar-refractivity contribution is 5.95. The lowest BCUT2D eigenvalue weighted by atomic mass is 10.1. The molecular formula is C17H19N5O. The van der Waals surface area contributed by atoms with E-state index in [1.54, 1.807) is 7.11 Å². The molecular weight excluding hydrogens is 290 g/mol. The minimum Gasteiger partial charge on any atom is -0.496 e. The first kappa shape index (κ1) is 15.0. The maximum Gasteiger partial charge on any atom is 0.222 e. The fourth-order valence-corrected chi connectivity index (χ4v) is 2.53. The third-order valence-electron chi connectivity index (χ3n) is 3.63. The molecule has 0 radical (unpaired) electrons. The summed E-state index contributed by atoms with van der Waals surface area (Å²) in [5.74, 6) is 1.56. The summed E-state index contributed by atoms with van der Waals surface area (Å²) < 4.78 is 5.44. The van der Waals surface area contributed by atoms with E-state index in [-0.39, 0.29) is 12.0 Å². The molecule has 1 atom stereocenters. The Morgan fingerprint density at radius 2 is 1.87 bits per heavy atom. The first-order valence-electron chi connectivity index (χ1n) is 7.39. The topological polar surface area (TPSA) is 86.0 Å². The zero-order valence-electron chi connectivity index (χ0n) is 13.4. The number of benzene rings is 1. The van der Waals surface area contributed by atoms with Crippen LogP contribution < -0.4 is 15.8 Å². The highest BCUT2D eigenvalue weighted by Crippen LogP contribution is 2.32. The molecule has 6 heteroatoms. The number of hydrogen-bond donors (Lipinski definition) is 2. The number of rotatable bonds is 4. The number of aryl methyl sites for hydroxylation is 1. The van der Waals surface area contributed by atoms with Crippen molar-refractivity contribution in [1.82, 2.24) is 15.0 Å². The van der Waals surface area contributed by atoms with Crippen molar-refractivity contribution >= 4 is 22.7 Å². The summed E-state index contributed by atoms with van der Waals surface area (Å²) in [5, 5.41) is 4.18. The number of nitrogens with zero attached hydrogens (tertiary/aromatic N) is 3. The number of fused-ring (bicyclic) bond motifs is 1. The Bertz CT molecular complexity index is 850. The van der Waals surface area contributed by atoms with Crippen LogP contribution in [0.5, 0.6) is 5.75 Å². The Hall–Kier alpha value is -2.89. The van der Waals surface area contributed by atoms with Gasteiger partial charge in [0, 0.05) is 5.69 Å². The standard InChI is InChI=1S/C17H19N5O/c1-10-6-4-7-12(19-10)11(2)20-16-15-13(21-17(18)22-16)8-5-9-14(15)23-3/h4-9,11H,1-3H3,(H3,18,20,21,22). The van der Waals surface area contributed by atoms with Crippen molar-refractivity contribution in [1.29, 1.82) is 0 Å². The predicted molar refractivity (Wildman–Crippen MR) is 91.5 cm³/mol. The fraction of sp³-hybridized carbons (Fsp3) is 0.235. The molecule has 23 heavy (non-hydrogen) atoms. The van der Waals surface area contributed by atoms with E-state index < -0.39 is 0 Å². The van der Waals surface area contributed by atoms with Crippen LogP contribution in [0.4, 0.5) is 11.8 Å². The van der Waals surface area contributed by atoms with E-state index in [1.807, 2.05) is 50.2 Å². The van der Waals surface area contributed by atoms with Crippen molar-refractivity contribution in [3.05, 3.63) is 47.8 Å². The summed E-state index contributed by atoms with van der Waals surface area (Å²) in [4.78, 5) is 13.2. The molecule has 6 nitrogen and oxygen atoms in total. The van der Waals surface area contributed by atoms with Crippen LogP contribution in [0.2, 0.25) is 0 Å². The third kappa shape index (κ3) is 3.01. The second-order valence-corrected chi connectivity index (χ2v) is 5.35. The Morgan fingerprint density at radius 3 is 2.61 bits per heavy atom. The second kappa shape index (κ2) is 6.08. The molecule has 0 saturated heterocycles. The van der Waals surface area contributed by atoms with E-state index in [0.717, 1.165) is 22.3 Å². The number of methoxy groups -OCH3 is 1. The normalized spacial score (nSPS) is 12.1. The number of nitrogen functional groups attached to an aromatic ring is 1. The number of anilines is 2. The zero-order valence-corrected chi connectivity index (χ0v) is 13.4. The van der Waals surface area contributed by atoms with Gasteiger partial charge < -0.3 is 15.8 Å². The van der Waals surface area contributed by atoms with Gasteiger partial charge in [0.25, 0.3) is 0 Å². The predicted octanol–water partition coefficient (Wildman–Crippen LogP) is 3.10. The zero-order chi connectivity index (χ0) is 16.4. The number of nitrogens with one attached hydrogen (secondary N) is 1. The van der Waals surface area contributed by atoms with E-state index in [0.29, 0.717) is 11.6 Å². The lowest BCUT2D eigenvalue weighted by Gasteiger charge is -2.17. The number of ether oxygens (including phenoxy) is 1. The van der Waals surface area contributed by atoms with E-state index >= 15 is 0 Å². The first-order chi connectivity index (χ1) is 11.1. The molecule has 118 valence electrons. The molecule has 0 aliphatic carbocycles. The molecule has 0 spiro atoms. The summed E-state index contributed by atoms with van der Waals surface area (Å²) in [5.41, 5.74) is 8.48. The van der Waals surface area contributed by atoms with Crippen LogP contribution in [0.15, 0.2) is 36.4 Å². The number of hydrogen-bond acceptors (Lipinski definition) is 6. The summed E-state index contributed by atoms with van der Waals surface area (Å²) in [6.07, 6.45) is 0. The van der Waals surface area contributed by atoms with Gasteiger partial charge >= 0.3 is 0 Å². The number of pyridine rings is 1. The molecule has 0 amide bonds. The Kier molecular flexibility index (Phi) is 3.97. The van der Waals surface area contributed by atoms with Gasteiger partial charge in [-0.1, -0.05) is 12.1 Å². The van der Waals surface area contributed by atoms with Crippen LogP contribution in [0.1, 0.15) is 24.4 Å². The summed E-state index contributed by atoms with van der Waals surface area (Å²) >= 11 is 0. The molecule has 0 saturated carbocycles. The van der Waals surface area contributed by atoms with Gasteiger partial charge in [0.2, 0.25) is 5.95 Å². The van der Waals surface area contributed by atoms with Crippen molar-refractivity contribution in [3.63, 3.8) is 0 Å². The molecule has 3 rings (SSSR count). The lowest BCUT2D eigenvalue weighted by Crippen LogP contribution is -2.12. The highest BCUT2D eigenvalue weighted by atomic mass is 16.5. The Balaban J connectivity index is 2.05. The van der Waals surface area contributed by atoms with Gasteiger partial charge in [-0.2, -0.15) is 4.98 Å². The highest BCUT2D eigenvalue weighted by Gasteiger charge is 2.15. The van der Waals surface area contributed by atoms with Gasteiger partial charge in [0.1, 0.15) is 11.6 Å². The van der Waals surface area contributed by atoms with Crippen LogP contribution in [0, 0.1) is 6.92 Å². The van der Waals surface area contributed by atoms with Crippen molar-refractivity contribution in [3.8, 4) is 5.75 Å². The molecule has 3 aromatic rings. The smallest absolute Gasteiger partial charge is 0.222 e. The minimum absolute atomic E-state index is 0.0303. The van der Waals surface area contributed by atoms with Gasteiger partial charge in [-0.05, 0) is 38.1 Å². The monoisotopic (exact) mass is 309 g/mol. The largest absolute Gasteiger partial charge is 0.496 e. The summed E-state index contributed by atoms with van der Waals surface area (Å²) in [7, 11) is 1.63. The lowest BCUT2D eigenvalue weighted by molar-refractivity contribution is 0.419. The average molecular weight is 309 g/mol. The van der Waals surface area contributed by atoms with Gasteiger partial charge in [-0.3, -0.25) is 4.98 Å². The number of nitrogens with two attached hydrogens (primary N) is 1. The Labute approximate surface area is 134 Å². The average Bonchev–Trinajstić information content (AvgIpc) is 2.53. The first-order valence-corrected chi connectivity index (χ1v) is 7.39. The maximum atomic E-state index is 5.84. The van der Waals surface area contributed by atoms with Crippen LogP contribution in [0.25, 0.3) is 10.9 Å². The quantitative estimate of drug-likeness (QED) is 0.770. The summed E-state index contributed by atoms with van der Waals surface area (Å²) in [6, 6.07) is 11.6. The Morgan fingerprint density at radius 1 is 1.09 bits per heavy atom. The molecule has 3 N–H and O–H groups in total. The van der Waals surface area contributed by atoms with Crippen molar-refractivity contribution < 1.29 is 4.74 Å². The van der Waals surface area contributed by atoms with E-state index in [1.165, 1.54) is 0 Å². The van der Waals surface area contributed by atoms with E-state index in [2.05, 4.69) is 20.3 Å². The van der Waals surface area contributed by atoms with Crippen LogP contribution in [-0.2, 0) is 0 Å². The van der Waals surface area contributed by atoms with Crippen molar-refractivity contribution in [2.45, 2.75) is 19.9 Å². The van der Waals surface area contributed by atoms with Crippen LogP contribution in [-0.4, -0.2) is 22.1 Å². The molecule has 1 unspecified atom stereocenters.